The van der Waals surface area contributed by atoms with E-state index >= 15 is 0 Å². The second-order valence-electron chi connectivity index (χ2n) is 3.94. The van der Waals surface area contributed by atoms with Crippen molar-refractivity contribution in [2.45, 2.75) is 6.54 Å². The highest BCUT2D eigenvalue weighted by molar-refractivity contribution is 6.42. The molecule has 4 nitrogen and oxygen atoms in total. The molecule has 0 spiro atoms. The van der Waals surface area contributed by atoms with Crippen LogP contribution in [0.2, 0.25) is 10.0 Å². The van der Waals surface area contributed by atoms with Crippen LogP contribution in [0.25, 0.3) is 0 Å². The third-order valence-corrected chi connectivity index (χ3v) is 3.31. The highest BCUT2D eigenvalue weighted by atomic mass is 35.5. The third kappa shape index (κ3) is 3.16. The summed E-state index contributed by atoms with van der Waals surface area (Å²) in [5, 5.41) is 9.71. The Hall–Kier alpha value is -1.78. The number of aromatic carboxylic acids is 1. The number of pyridine rings is 1. The Balaban J connectivity index is 2.37. The van der Waals surface area contributed by atoms with Crippen molar-refractivity contribution in [3.8, 4) is 0 Å². The van der Waals surface area contributed by atoms with Crippen LogP contribution in [0.3, 0.4) is 0 Å². The molecular formula is C13H9Cl2NO3. The predicted octanol–water partition coefficient (Wildman–Crippen LogP) is 2.90. The number of benzene rings is 1. The van der Waals surface area contributed by atoms with Gasteiger partial charge < -0.3 is 9.67 Å². The van der Waals surface area contributed by atoms with Crippen LogP contribution < -0.4 is 5.56 Å². The van der Waals surface area contributed by atoms with Gasteiger partial charge in [-0.05, 0) is 23.8 Å². The first-order valence-corrected chi connectivity index (χ1v) is 6.10. The van der Waals surface area contributed by atoms with Gasteiger partial charge in [-0.1, -0.05) is 29.3 Å². The first-order chi connectivity index (χ1) is 8.97. The normalized spacial score (nSPS) is 10.4. The minimum absolute atomic E-state index is 0.0552. The van der Waals surface area contributed by atoms with Crippen LogP contribution in [0, 0.1) is 0 Å². The van der Waals surface area contributed by atoms with E-state index in [1.54, 1.807) is 18.2 Å². The fourth-order valence-corrected chi connectivity index (χ4v) is 1.94. The molecule has 0 unspecified atom stereocenters. The predicted molar refractivity (Wildman–Crippen MR) is 73.2 cm³/mol. The monoisotopic (exact) mass is 297 g/mol. The van der Waals surface area contributed by atoms with Crippen LogP contribution in [0.1, 0.15) is 15.9 Å². The lowest BCUT2D eigenvalue weighted by atomic mass is 10.2. The fourth-order valence-electron chi connectivity index (χ4n) is 1.62. The molecule has 98 valence electrons. The van der Waals surface area contributed by atoms with Crippen LogP contribution in [0.5, 0.6) is 0 Å². The molecule has 0 saturated carbocycles. The van der Waals surface area contributed by atoms with E-state index in [0.29, 0.717) is 10.0 Å². The van der Waals surface area contributed by atoms with Crippen molar-refractivity contribution in [1.29, 1.82) is 0 Å². The largest absolute Gasteiger partial charge is 0.478 e. The van der Waals surface area contributed by atoms with Gasteiger partial charge in [-0.25, -0.2) is 4.79 Å². The number of rotatable bonds is 3. The molecule has 0 radical (unpaired) electrons. The van der Waals surface area contributed by atoms with E-state index in [2.05, 4.69) is 0 Å². The highest BCUT2D eigenvalue weighted by Gasteiger charge is 2.06. The van der Waals surface area contributed by atoms with E-state index in [-0.39, 0.29) is 17.7 Å². The lowest BCUT2D eigenvalue weighted by Crippen LogP contribution is -2.20. The van der Waals surface area contributed by atoms with Gasteiger partial charge in [0.1, 0.15) is 0 Å². The van der Waals surface area contributed by atoms with Crippen molar-refractivity contribution in [2.75, 3.05) is 0 Å². The summed E-state index contributed by atoms with van der Waals surface area (Å²) in [6.07, 6.45) is 1.30. The second kappa shape index (κ2) is 5.47. The molecule has 1 heterocycles. The maximum Gasteiger partial charge on any atom is 0.337 e. The molecule has 2 aromatic rings. The van der Waals surface area contributed by atoms with E-state index in [4.69, 9.17) is 28.3 Å². The first kappa shape index (κ1) is 13.6. The molecule has 1 aromatic heterocycles. The van der Waals surface area contributed by atoms with Gasteiger partial charge in [0.2, 0.25) is 0 Å². The molecule has 0 amide bonds. The van der Waals surface area contributed by atoms with Crippen LogP contribution in [-0.2, 0) is 6.54 Å². The van der Waals surface area contributed by atoms with Gasteiger partial charge >= 0.3 is 5.97 Å². The molecule has 0 saturated heterocycles. The average molecular weight is 298 g/mol. The Labute approximate surface area is 118 Å². The summed E-state index contributed by atoms with van der Waals surface area (Å²) in [6.45, 7) is 0.233. The number of carbonyl (C=O) groups is 1. The maximum absolute atomic E-state index is 11.7. The average Bonchev–Trinajstić information content (AvgIpc) is 2.36. The standard InChI is InChI=1S/C13H9Cl2NO3/c14-10-3-1-8(5-11(10)15)6-16-7-9(13(18)19)2-4-12(16)17/h1-5,7H,6H2,(H,18,19). The number of hydrogen-bond acceptors (Lipinski definition) is 2. The zero-order valence-corrected chi connectivity index (χ0v) is 11.1. The van der Waals surface area contributed by atoms with E-state index < -0.39 is 5.97 Å². The van der Waals surface area contributed by atoms with Crippen LogP contribution in [-0.4, -0.2) is 15.6 Å². The number of aromatic nitrogens is 1. The zero-order valence-electron chi connectivity index (χ0n) is 9.64. The lowest BCUT2D eigenvalue weighted by Gasteiger charge is -2.07. The summed E-state index contributed by atoms with van der Waals surface area (Å²) in [5.41, 5.74) is 0.537. The van der Waals surface area contributed by atoms with E-state index in [9.17, 15) is 9.59 Å². The lowest BCUT2D eigenvalue weighted by molar-refractivity contribution is 0.0696. The van der Waals surface area contributed by atoms with Crippen molar-refractivity contribution in [1.82, 2.24) is 4.57 Å². The van der Waals surface area contributed by atoms with Crippen molar-refractivity contribution >= 4 is 29.2 Å². The Morgan fingerprint density at radius 3 is 2.53 bits per heavy atom. The minimum Gasteiger partial charge on any atom is -0.478 e. The smallest absolute Gasteiger partial charge is 0.337 e. The van der Waals surface area contributed by atoms with Crippen LogP contribution in [0.15, 0.2) is 41.3 Å². The summed E-state index contributed by atoms with van der Waals surface area (Å²) < 4.78 is 1.31. The number of hydrogen-bond donors (Lipinski definition) is 1. The van der Waals surface area contributed by atoms with Crippen molar-refractivity contribution < 1.29 is 9.90 Å². The molecule has 0 aliphatic rings. The van der Waals surface area contributed by atoms with Gasteiger partial charge in [0, 0.05) is 12.3 Å². The van der Waals surface area contributed by atoms with Crippen molar-refractivity contribution in [3.05, 3.63) is 68.1 Å². The van der Waals surface area contributed by atoms with Gasteiger partial charge in [-0.2, -0.15) is 0 Å². The van der Waals surface area contributed by atoms with Gasteiger partial charge in [-0.3, -0.25) is 4.79 Å². The van der Waals surface area contributed by atoms with Crippen LogP contribution >= 0.6 is 23.2 Å². The molecule has 6 heteroatoms. The van der Waals surface area contributed by atoms with Gasteiger partial charge in [-0.15, -0.1) is 0 Å². The maximum atomic E-state index is 11.7. The SMILES string of the molecule is O=C(O)c1ccc(=O)n(Cc2ccc(Cl)c(Cl)c2)c1. The Morgan fingerprint density at radius 2 is 1.89 bits per heavy atom. The fraction of sp³-hybridized carbons (Fsp3) is 0.0769. The molecule has 0 fully saturated rings. The number of nitrogens with zero attached hydrogens (tertiary/aromatic N) is 1. The molecule has 0 aliphatic carbocycles. The molecule has 1 N–H and O–H groups in total. The number of carboxylic acid groups (broad SMARTS) is 1. The van der Waals surface area contributed by atoms with E-state index in [0.717, 1.165) is 5.56 Å². The Kier molecular flexibility index (Phi) is 3.93. The van der Waals surface area contributed by atoms with Crippen LogP contribution in [0.4, 0.5) is 0 Å². The number of carboxylic acids is 1. The van der Waals surface area contributed by atoms with Gasteiger partial charge in [0.05, 0.1) is 22.2 Å². The summed E-state index contributed by atoms with van der Waals surface area (Å²) in [7, 11) is 0. The molecule has 0 atom stereocenters. The van der Waals surface area contributed by atoms with Gasteiger partial charge in [0.25, 0.3) is 5.56 Å². The summed E-state index contributed by atoms with van der Waals surface area (Å²) in [6, 6.07) is 7.50. The third-order valence-electron chi connectivity index (χ3n) is 2.57. The Morgan fingerprint density at radius 1 is 1.16 bits per heavy atom. The molecular weight excluding hydrogens is 289 g/mol. The molecule has 2 rings (SSSR count). The van der Waals surface area contributed by atoms with Gasteiger partial charge in [0.15, 0.2) is 0 Å². The Bertz CT molecular complexity index is 695. The first-order valence-electron chi connectivity index (χ1n) is 5.35. The highest BCUT2D eigenvalue weighted by Crippen LogP contribution is 2.22. The summed E-state index contributed by atoms with van der Waals surface area (Å²) in [4.78, 5) is 22.5. The quantitative estimate of drug-likeness (QED) is 0.947. The van der Waals surface area contributed by atoms with E-state index in [1.165, 1.54) is 22.9 Å². The molecule has 19 heavy (non-hydrogen) atoms. The zero-order chi connectivity index (χ0) is 14.0. The minimum atomic E-state index is -1.08. The second-order valence-corrected chi connectivity index (χ2v) is 4.75. The van der Waals surface area contributed by atoms with Crippen molar-refractivity contribution in [2.24, 2.45) is 0 Å². The van der Waals surface area contributed by atoms with E-state index in [1.807, 2.05) is 0 Å². The van der Waals surface area contributed by atoms with Crippen molar-refractivity contribution in [3.63, 3.8) is 0 Å². The molecule has 1 aromatic carbocycles. The molecule has 0 bridgehead atoms. The summed E-state index contributed by atoms with van der Waals surface area (Å²) in [5.74, 6) is -1.08. The number of halogens is 2. The molecule has 0 aliphatic heterocycles. The summed E-state index contributed by atoms with van der Waals surface area (Å²) >= 11 is 11.7. The topological polar surface area (TPSA) is 59.3 Å².